The van der Waals surface area contributed by atoms with Crippen LogP contribution in [0, 0.1) is 5.82 Å². The van der Waals surface area contributed by atoms with Crippen molar-refractivity contribution < 1.29 is 16.0 Å². The number of carbonyl (C=O) groups is 1. The zero-order valence-corrected chi connectivity index (χ0v) is 9.46. The van der Waals surface area contributed by atoms with Crippen molar-refractivity contribution in [2.24, 2.45) is 0 Å². The molecule has 0 unspecified atom stereocenters. The summed E-state index contributed by atoms with van der Waals surface area (Å²) in [6, 6.07) is -0.955. The minimum Gasteiger partial charge on any atom is -0.337 e. The van der Waals surface area contributed by atoms with Gasteiger partial charge in [-0.05, 0) is 6.42 Å². The molecule has 2 N–H and O–H groups in total. The number of nitrogens with zero attached hydrogens (tertiary/aromatic N) is 1. The number of H-pyrrole nitrogens is 1. The summed E-state index contributed by atoms with van der Waals surface area (Å²) >= 11 is 0. The molecule has 0 aromatic carbocycles. The predicted octanol–water partition coefficient (Wildman–Crippen LogP) is 0.814. The quantitative estimate of drug-likeness (QED) is 0.770. The second-order valence-corrected chi connectivity index (χ2v) is 3.47. The highest BCUT2D eigenvalue weighted by atomic mass is 19.1. The van der Waals surface area contributed by atoms with E-state index in [1.165, 1.54) is 0 Å². The Balaban J connectivity index is 2.49. The highest BCUT2D eigenvalue weighted by Gasteiger charge is 2.09. The predicted molar refractivity (Wildman–Crippen MR) is 64.2 cm³/mol. The van der Waals surface area contributed by atoms with Crippen LogP contribution in [0.25, 0.3) is 0 Å². The van der Waals surface area contributed by atoms with E-state index in [-0.39, 0.29) is 25.8 Å². The molecule has 1 amide bonds. The van der Waals surface area contributed by atoms with Gasteiger partial charge >= 0.3 is 11.7 Å². The number of unbranched alkanes of at least 4 members (excludes halogenated alkanes) is 1. The average molecular weight is 262 g/mol. The molecule has 100 valence electrons. The van der Waals surface area contributed by atoms with E-state index < -0.39 is 36.3 Å². The van der Waals surface area contributed by atoms with Crippen LogP contribution >= 0.6 is 0 Å². The number of aromatic nitrogens is 2. The van der Waals surface area contributed by atoms with E-state index in [0.717, 1.165) is 0 Å². The van der Waals surface area contributed by atoms with E-state index in [9.17, 15) is 18.8 Å². The summed E-state index contributed by atoms with van der Waals surface area (Å²) < 4.78 is 49.3. The van der Waals surface area contributed by atoms with Crippen LogP contribution in [0.4, 0.5) is 9.18 Å². The monoisotopic (exact) mass is 262 g/mol. The van der Waals surface area contributed by atoms with Crippen LogP contribution in [-0.4, -0.2) is 22.1 Å². The third-order valence-corrected chi connectivity index (χ3v) is 2.12. The number of carbonyl (C=O) groups excluding carboxylic acids is 1. The molecule has 18 heavy (non-hydrogen) atoms. The topological polar surface area (TPSA) is 84.0 Å². The Morgan fingerprint density at radius 1 is 1.56 bits per heavy atom. The van der Waals surface area contributed by atoms with Crippen molar-refractivity contribution in [1.29, 1.82) is 0 Å². The van der Waals surface area contributed by atoms with Gasteiger partial charge in [0.15, 0.2) is 0 Å². The Hall–Kier alpha value is -1.92. The zero-order chi connectivity index (χ0) is 17.8. The maximum Gasteiger partial charge on any atom is 0.336 e. The standard InChI is InChI=1S/C11H16FN3O3/c1-2-3-4-5-6-13-10(17)15-7-8(12)9(16)14-11(15)18/h7H,2-6H2,1H3,(H,13,17)(H,14,16,18)/i1D3,2D2. The van der Waals surface area contributed by atoms with Gasteiger partial charge in [0.05, 0.1) is 6.20 Å². The minimum atomic E-state index is -2.73. The number of amides is 1. The molecule has 0 spiro atoms. The van der Waals surface area contributed by atoms with Crippen molar-refractivity contribution in [1.82, 2.24) is 14.9 Å². The Morgan fingerprint density at radius 2 is 2.33 bits per heavy atom. The first-order valence-corrected chi connectivity index (χ1v) is 5.25. The first-order valence-electron chi connectivity index (χ1n) is 7.75. The van der Waals surface area contributed by atoms with Crippen molar-refractivity contribution >= 4 is 6.03 Å². The van der Waals surface area contributed by atoms with Crippen molar-refractivity contribution in [3.05, 3.63) is 32.9 Å². The molecule has 0 aliphatic carbocycles. The van der Waals surface area contributed by atoms with E-state index in [4.69, 9.17) is 6.85 Å². The maximum atomic E-state index is 13.0. The molecule has 1 aromatic rings. The molecule has 0 aliphatic rings. The normalized spacial score (nSPS) is 15.9. The molecule has 0 saturated carbocycles. The number of hydrogen-bond donors (Lipinski definition) is 2. The Morgan fingerprint density at radius 3 is 3.06 bits per heavy atom. The molecule has 1 aromatic heterocycles. The van der Waals surface area contributed by atoms with Gasteiger partial charge in [-0.3, -0.25) is 9.78 Å². The van der Waals surface area contributed by atoms with Gasteiger partial charge in [0.2, 0.25) is 5.82 Å². The number of hydrogen-bond acceptors (Lipinski definition) is 3. The Kier molecular flexibility index (Phi) is 3.08. The molecule has 0 saturated heterocycles. The molecule has 6 nitrogen and oxygen atoms in total. The number of rotatable bonds is 5. The highest BCUT2D eigenvalue weighted by molar-refractivity contribution is 5.76. The summed E-state index contributed by atoms with van der Waals surface area (Å²) in [4.78, 5) is 35.4. The molecular formula is C11H16FN3O3. The first-order chi connectivity index (χ1) is 10.5. The maximum absolute atomic E-state index is 13.0. The number of halogens is 1. The third kappa shape index (κ3) is 3.83. The second-order valence-electron chi connectivity index (χ2n) is 3.47. The number of nitrogens with one attached hydrogen (secondary N) is 2. The largest absolute Gasteiger partial charge is 0.337 e. The molecular weight excluding hydrogens is 241 g/mol. The molecule has 0 bridgehead atoms. The van der Waals surface area contributed by atoms with Gasteiger partial charge in [-0.1, -0.05) is 26.1 Å². The first kappa shape index (κ1) is 8.23. The molecule has 0 fully saturated rings. The van der Waals surface area contributed by atoms with E-state index in [1.807, 2.05) is 0 Å². The van der Waals surface area contributed by atoms with Crippen LogP contribution in [0.15, 0.2) is 15.8 Å². The molecule has 7 heteroatoms. The summed E-state index contributed by atoms with van der Waals surface area (Å²) in [6.45, 7) is -2.69. The fourth-order valence-corrected chi connectivity index (χ4v) is 1.22. The van der Waals surface area contributed by atoms with Gasteiger partial charge in [0.1, 0.15) is 0 Å². The Labute approximate surface area is 110 Å². The molecule has 0 aliphatic heterocycles. The van der Waals surface area contributed by atoms with Crippen molar-refractivity contribution in [2.45, 2.75) is 32.5 Å². The van der Waals surface area contributed by atoms with Gasteiger partial charge in [-0.2, -0.15) is 4.39 Å². The summed E-state index contributed by atoms with van der Waals surface area (Å²) in [5.41, 5.74) is -2.32. The van der Waals surface area contributed by atoms with Crippen LogP contribution in [-0.2, 0) is 0 Å². The Bertz CT molecular complexity index is 683. The van der Waals surface area contributed by atoms with E-state index >= 15 is 0 Å². The van der Waals surface area contributed by atoms with Crippen LogP contribution in [0.1, 0.15) is 39.3 Å². The van der Waals surface area contributed by atoms with Gasteiger partial charge in [0.25, 0.3) is 5.56 Å². The lowest BCUT2D eigenvalue weighted by molar-refractivity contribution is 0.240. The SMILES string of the molecule is [2H]C([2H])([2H])C([2H])([2H])CCCCNC(=O)n1cc(F)c(=O)[nH]c1=O. The molecule has 1 heterocycles. The van der Waals surface area contributed by atoms with E-state index in [2.05, 4.69) is 5.32 Å². The fraction of sp³-hybridized carbons (Fsp3) is 0.545. The molecule has 1 rings (SSSR count). The van der Waals surface area contributed by atoms with Crippen LogP contribution in [0.3, 0.4) is 0 Å². The van der Waals surface area contributed by atoms with Crippen molar-refractivity contribution in [2.75, 3.05) is 6.54 Å². The summed E-state index contributed by atoms with van der Waals surface area (Å²) in [6.07, 6.45) is -1.62. The summed E-state index contributed by atoms with van der Waals surface area (Å²) in [5.74, 6) is -1.29. The fourth-order valence-electron chi connectivity index (χ4n) is 1.22. The zero-order valence-electron chi connectivity index (χ0n) is 14.5. The van der Waals surface area contributed by atoms with Crippen LogP contribution < -0.4 is 16.6 Å². The smallest absolute Gasteiger partial charge is 0.336 e. The lowest BCUT2D eigenvalue weighted by atomic mass is 10.2. The van der Waals surface area contributed by atoms with Gasteiger partial charge < -0.3 is 5.32 Å². The average Bonchev–Trinajstić information content (AvgIpc) is 2.40. The lowest BCUT2D eigenvalue weighted by Gasteiger charge is -2.06. The second kappa shape index (κ2) is 6.73. The summed E-state index contributed by atoms with van der Waals surface area (Å²) in [5, 5.41) is 2.28. The van der Waals surface area contributed by atoms with Crippen molar-refractivity contribution in [3.63, 3.8) is 0 Å². The summed E-state index contributed by atoms with van der Waals surface area (Å²) in [7, 11) is 0. The van der Waals surface area contributed by atoms with E-state index in [0.29, 0.717) is 10.8 Å². The number of aromatic amines is 1. The lowest BCUT2D eigenvalue weighted by Crippen LogP contribution is -2.40. The van der Waals surface area contributed by atoms with E-state index in [1.54, 1.807) is 4.98 Å². The molecule has 0 radical (unpaired) electrons. The van der Waals surface area contributed by atoms with Gasteiger partial charge in [0, 0.05) is 13.4 Å². The third-order valence-electron chi connectivity index (χ3n) is 2.12. The highest BCUT2D eigenvalue weighted by Crippen LogP contribution is 1.97. The van der Waals surface area contributed by atoms with Crippen molar-refractivity contribution in [3.8, 4) is 0 Å². The van der Waals surface area contributed by atoms with Crippen LogP contribution in [0.5, 0.6) is 0 Å². The van der Waals surface area contributed by atoms with Crippen LogP contribution in [0.2, 0.25) is 0 Å². The van der Waals surface area contributed by atoms with Gasteiger partial charge in [-0.25, -0.2) is 14.2 Å². The minimum absolute atomic E-state index is 0.0309. The van der Waals surface area contributed by atoms with Gasteiger partial charge in [-0.15, -0.1) is 0 Å². The molecule has 0 atom stereocenters.